The average Bonchev–Trinajstić information content (AvgIpc) is 3.53. The summed E-state index contributed by atoms with van der Waals surface area (Å²) in [4.78, 5) is 21.4. The quantitative estimate of drug-likeness (QED) is 0.456. The van der Waals surface area contributed by atoms with Crippen molar-refractivity contribution in [3.05, 3.63) is 69.7 Å². The molecule has 1 atom stereocenters. The average molecular weight is 526 g/mol. The Morgan fingerprint density at radius 1 is 1.19 bits per heavy atom. The van der Waals surface area contributed by atoms with Crippen LogP contribution in [0.2, 0.25) is 0 Å². The van der Waals surface area contributed by atoms with E-state index in [4.69, 9.17) is 9.72 Å². The highest BCUT2D eigenvalue weighted by Gasteiger charge is 2.36. The number of sulfone groups is 1. The van der Waals surface area contributed by atoms with Gasteiger partial charge in [0.05, 0.1) is 35.4 Å². The van der Waals surface area contributed by atoms with Crippen LogP contribution in [0.4, 0.5) is 5.13 Å². The molecule has 1 unspecified atom stereocenters. The van der Waals surface area contributed by atoms with Crippen molar-refractivity contribution in [3.63, 3.8) is 0 Å². The van der Waals surface area contributed by atoms with Crippen LogP contribution in [0.5, 0.6) is 5.75 Å². The predicted molar refractivity (Wildman–Crippen MR) is 141 cm³/mol. The van der Waals surface area contributed by atoms with Gasteiger partial charge in [-0.2, -0.15) is 0 Å². The van der Waals surface area contributed by atoms with Crippen LogP contribution in [0.1, 0.15) is 54.1 Å². The number of thiazole rings is 1. The Kier molecular flexibility index (Phi) is 6.89. The number of ether oxygens (including phenoxy) is 1. The van der Waals surface area contributed by atoms with E-state index in [1.807, 2.05) is 0 Å². The molecule has 0 saturated carbocycles. The van der Waals surface area contributed by atoms with Crippen molar-refractivity contribution < 1.29 is 17.9 Å². The Morgan fingerprint density at radius 3 is 2.67 bits per heavy atom. The van der Waals surface area contributed by atoms with Gasteiger partial charge in [-0.15, -0.1) is 11.3 Å². The van der Waals surface area contributed by atoms with E-state index in [1.54, 1.807) is 42.5 Å². The van der Waals surface area contributed by atoms with Gasteiger partial charge >= 0.3 is 0 Å². The number of carbonyl (C=O) groups is 1. The van der Waals surface area contributed by atoms with E-state index in [2.05, 4.69) is 42.3 Å². The third-order valence-corrected chi connectivity index (χ3v) is 9.51. The van der Waals surface area contributed by atoms with E-state index in [0.717, 1.165) is 43.1 Å². The first-order valence-electron chi connectivity index (χ1n) is 12.3. The van der Waals surface area contributed by atoms with Crippen LogP contribution in [-0.4, -0.2) is 36.6 Å². The molecule has 2 aliphatic rings. The number of amides is 1. The summed E-state index contributed by atoms with van der Waals surface area (Å²) in [6.07, 6.45) is 1.13. The van der Waals surface area contributed by atoms with E-state index in [1.165, 1.54) is 16.0 Å². The van der Waals surface area contributed by atoms with Crippen LogP contribution >= 0.6 is 11.3 Å². The van der Waals surface area contributed by atoms with Crippen LogP contribution in [0.25, 0.3) is 0 Å². The number of hydrogen-bond donors (Lipinski definition) is 1. The maximum Gasteiger partial charge on any atom is 0.230 e. The minimum Gasteiger partial charge on any atom is -0.493 e. The first kappa shape index (κ1) is 24.9. The Balaban J connectivity index is 1.24. The largest absolute Gasteiger partial charge is 0.493 e. The molecule has 5 rings (SSSR count). The van der Waals surface area contributed by atoms with E-state index >= 15 is 0 Å². The molecule has 0 saturated heterocycles. The van der Waals surface area contributed by atoms with Gasteiger partial charge in [0, 0.05) is 24.4 Å². The molecule has 1 amide bonds. The Labute approximate surface area is 216 Å². The highest BCUT2D eigenvalue weighted by Crippen LogP contribution is 2.43. The standard InChI is InChI=1S/C27H31N3O4S2/c1-4-36(32,33)21-8-5-18(6-9-21)14-24(31)28-27-29-25-23(35-27)16-30(26(25)17(2)3)15-19-7-10-22-20(13-19)11-12-34-22/h5-10,13,17,26H,4,11-12,14-16H2,1-3H3,(H,28,29,31). The zero-order valence-corrected chi connectivity index (χ0v) is 22.4. The fourth-order valence-electron chi connectivity index (χ4n) is 5.01. The fraction of sp³-hybridized carbons (Fsp3) is 0.407. The summed E-state index contributed by atoms with van der Waals surface area (Å²) in [6.45, 7) is 8.47. The monoisotopic (exact) mass is 525 g/mol. The summed E-state index contributed by atoms with van der Waals surface area (Å²) in [6, 6.07) is 13.2. The molecule has 2 aliphatic heterocycles. The molecule has 2 aromatic carbocycles. The van der Waals surface area contributed by atoms with Gasteiger partial charge in [-0.05, 0) is 40.8 Å². The van der Waals surface area contributed by atoms with Crippen LogP contribution in [-0.2, 0) is 40.6 Å². The molecular weight excluding hydrogens is 494 g/mol. The SMILES string of the molecule is CCS(=O)(=O)c1ccc(CC(=O)Nc2nc3c(s2)CN(Cc2ccc4c(c2)CCO4)C3C(C)C)cc1. The van der Waals surface area contributed by atoms with E-state index < -0.39 is 9.84 Å². The lowest BCUT2D eigenvalue weighted by Gasteiger charge is -2.27. The first-order chi connectivity index (χ1) is 17.2. The molecule has 7 nitrogen and oxygen atoms in total. The van der Waals surface area contributed by atoms with Crippen molar-refractivity contribution in [1.29, 1.82) is 0 Å². The molecule has 0 spiro atoms. The molecule has 36 heavy (non-hydrogen) atoms. The summed E-state index contributed by atoms with van der Waals surface area (Å²) >= 11 is 1.54. The fourth-order valence-corrected chi connectivity index (χ4v) is 6.94. The number of anilines is 1. The predicted octanol–water partition coefficient (Wildman–Crippen LogP) is 4.77. The van der Waals surface area contributed by atoms with Crippen LogP contribution in [0.15, 0.2) is 47.4 Å². The second kappa shape index (κ2) is 9.95. The molecule has 3 aromatic rings. The smallest absolute Gasteiger partial charge is 0.230 e. The highest BCUT2D eigenvalue weighted by atomic mass is 32.2. The lowest BCUT2D eigenvalue weighted by Crippen LogP contribution is -2.26. The lowest BCUT2D eigenvalue weighted by molar-refractivity contribution is -0.115. The minimum atomic E-state index is -3.25. The topological polar surface area (TPSA) is 88.6 Å². The molecule has 9 heteroatoms. The van der Waals surface area contributed by atoms with Crippen LogP contribution < -0.4 is 10.1 Å². The number of rotatable bonds is 8. The van der Waals surface area contributed by atoms with Gasteiger partial charge < -0.3 is 10.1 Å². The number of carbonyl (C=O) groups excluding carboxylic acids is 1. The van der Waals surface area contributed by atoms with Gasteiger partial charge in [0.1, 0.15) is 5.75 Å². The second-order valence-electron chi connectivity index (χ2n) is 9.73. The van der Waals surface area contributed by atoms with Gasteiger partial charge in [0.2, 0.25) is 5.91 Å². The van der Waals surface area contributed by atoms with E-state index in [-0.39, 0.29) is 29.0 Å². The Hall–Kier alpha value is -2.75. The summed E-state index contributed by atoms with van der Waals surface area (Å²) in [5, 5.41) is 3.57. The third kappa shape index (κ3) is 5.05. The second-order valence-corrected chi connectivity index (χ2v) is 13.1. The molecule has 0 radical (unpaired) electrons. The van der Waals surface area contributed by atoms with Crippen molar-refractivity contribution in [2.45, 2.75) is 57.6 Å². The van der Waals surface area contributed by atoms with Gasteiger partial charge in [-0.3, -0.25) is 9.69 Å². The van der Waals surface area contributed by atoms with Gasteiger partial charge in [-0.25, -0.2) is 13.4 Å². The Bertz CT molecular complexity index is 1380. The van der Waals surface area contributed by atoms with Gasteiger partial charge in [0.15, 0.2) is 15.0 Å². The minimum absolute atomic E-state index is 0.0542. The summed E-state index contributed by atoms with van der Waals surface area (Å²) in [5.41, 5.74) is 4.39. The first-order valence-corrected chi connectivity index (χ1v) is 14.8. The highest BCUT2D eigenvalue weighted by molar-refractivity contribution is 7.91. The number of nitrogens with zero attached hydrogens (tertiary/aromatic N) is 2. The number of aromatic nitrogens is 1. The maximum atomic E-state index is 12.7. The Morgan fingerprint density at radius 2 is 1.94 bits per heavy atom. The third-order valence-electron chi connectivity index (χ3n) is 6.79. The van der Waals surface area contributed by atoms with E-state index in [9.17, 15) is 13.2 Å². The molecule has 0 fully saturated rings. The summed E-state index contributed by atoms with van der Waals surface area (Å²) in [7, 11) is -3.25. The number of benzene rings is 2. The molecular formula is C27H31N3O4S2. The van der Waals surface area contributed by atoms with E-state index in [0.29, 0.717) is 11.0 Å². The molecule has 1 N–H and O–H groups in total. The van der Waals surface area contributed by atoms with Gasteiger partial charge in [-0.1, -0.05) is 45.0 Å². The number of fused-ring (bicyclic) bond motifs is 2. The van der Waals surface area contributed by atoms with Crippen molar-refractivity contribution in [2.75, 3.05) is 17.7 Å². The molecule has 3 heterocycles. The lowest BCUT2D eigenvalue weighted by atomic mass is 10.0. The van der Waals surface area contributed by atoms with Crippen LogP contribution in [0.3, 0.4) is 0 Å². The maximum absolute atomic E-state index is 12.7. The van der Waals surface area contributed by atoms with Crippen molar-refractivity contribution >= 4 is 32.2 Å². The molecule has 190 valence electrons. The number of nitrogens with one attached hydrogen (secondary N) is 1. The zero-order valence-electron chi connectivity index (χ0n) is 20.8. The molecule has 0 bridgehead atoms. The summed E-state index contributed by atoms with van der Waals surface area (Å²) in [5.74, 6) is 1.28. The van der Waals surface area contributed by atoms with Crippen molar-refractivity contribution in [1.82, 2.24) is 9.88 Å². The van der Waals surface area contributed by atoms with Crippen LogP contribution in [0, 0.1) is 5.92 Å². The summed E-state index contributed by atoms with van der Waals surface area (Å²) < 4.78 is 29.6. The number of hydrogen-bond acceptors (Lipinski definition) is 7. The van der Waals surface area contributed by atoms with Gasteiger partial charge in [0.25, 0.3) is 0 Å². The molecule has 1 aromatic heterocycles. The van der Waals surface area contributed by atoms with Crippen molar-refractivity contribution in [2.24, 2.45) is 5.92 Å². The normalized spacial score (nSPS) is 17.2. The zero-order chi connectivity index (χ0) is 25.4. The molecule has 0 aliphatic carbocycles. The van der Waals surface area contributed by atoms with Crippen molar-refractivity contribution in [3.8, 4) is 5.75 Å².